The fraction of sp³-hybridized carbons (Fsp3) is 0.533. The maximum atomic E-state index is 12.2. The molecule has 0 saturated heterocycles. The molecule has 1 amide bonds. The highest BCUT2D eigenvalue weighted by molar-refractivity contribution is 5.97. The van der Waals surface area contributed by atoms with Gasteiger partial charge in [0.2, 0.25) is 0 Å². The molecule has 0 aliphatic heterocycles. The van der Waals surface area contributed by atoms with Crippen LogP contribution >= 0.6 is 0 Å². The highest BCUT2D eigenvalue weighted by atomic mass is 16.3. The van der Waals surface area contributed by atoms with E-state index < -0.39 is 5.60 Å². The van der Waals surface area contributed by atoms with Crippen molar-refractivity contribution in [3.05, 3.63) is 23.5 Å². The summed E-state index contributed by atoms with van der Waals surface area (Å²) >= 11 is 0. The van der Waals surface area contributed by atoms with E-state index in [1.54, 1.807) is 17.7 Å². The van der Waals surface area contributed by atoms with Crippen molar-refractivity contribution in [2.24, 2.45) is 7.05 Å². The molecule has 0 aromatic carbocycles. The quantitative estimate of drug-likeness (QED) is 0.875. The summed E-state index contributed by atoms with van der Waals surface area (Å²) < 4.78 is 1.69. The third-order valence-corrected chi connectivity index (χ3v) is 3.54. The SMILES string of the molecule is CCCC(C)(O)CNC(=O)c1cnc2c(c1)c(C)nn2C. The molecular formula is C15H22N4O2. The number of hydrogen-bond acceptors (Lipinski definition) is 4. The first kappa shape index (κ1) is 15.4. The van der Waals surface area contributed by atoms with Gasteiger partial charge in [0.1, 0.15) is 0 Å². The lowest BCUT2D eigenvalue weighted by Crippen LogP contribution is -2.40. The molecule has 6 nitrogen and oxygen atoms in total. The molecule has 2 heterocycles. The average molecular weight is 290 g/mol. The van der Waals surface area contributed by atoms with Gasteiger partial charge < -0.3 is 10.4 Å². The first-order valence-corrected chi connectivity index (χ1v) is 7.14. The zero-order chi connectivity index (χ0) is 15.6. The summed E-state index contributed by atoms with van der Waals surface area (Å²) in [5.41, 5.74) is 1.19. The van der Waals surface area contributed by atoms with E-state index in [2.05, 4.69) is 15.4 Å². The first-order valence-electron chi connectivity index (χ1n) is 7.14. The number of hydrogen-bond donors (Lipinski definition) is 2. The van der Waals surface area contributed by atoms with E-state index in [1.165, 1.54) is 6.20 Å². The number of amides is 1. The van der Waals surface area contributed by atoms with Crippen LogP contribution in [0.2, 0.25) is 0 Å². The van der Waals surface area contributed by atoms with Gasteiger partial charge in [0.15, 0.2) is 5.65 Å². The number of aryl methyl sites for hydroxylation is 2. The standard InChI is InChI=1S/C15H22N4O2/c1-5-6-15(3,21)9-17-14(20)11-7-12-10(2)18-19(4)13(12)16-8-11/h7-8,21H,5-6,9H2,1-4H3,(H,17,20). The summed E-state index contributed by atoms with van der Waals surface area (Å²) in [4.78, 5) is 16.4. The van der Waals surface area contributed by atoms with Crippen LogP contribution in [0.25, 0.3) is 11.0 Å². The van der Waals surface area contributed by atoms with Crippen molar-refractivity contribution in [2.75, 3.05) is 6.54 Å². The number of carbonyl (C=O) groups excluding carboxylic acids is 1. The van der Waals surface area contributed by atoms with Crippen LogP contribution in [0.4, 0.5) is 0 Å². The number of carbonyl (C=O) groups is 1. The average Bonchev–Trinajstić information content (AvgIpc) is 2.71. The largest absolute Gasteiger partial charge is 0.388 e. The molecule has 0 spiro atoms. The lowest BCUT2D eigenvalue weighted by molar-refractivity contribution is 0.0469. The maximum absolute atomic E-state index is 12.2. The van der Waals surface area contributed by atoms with Crippen LogP contribution in [0.5, 0.6) is 0 Å². The molecule has 0 aliphatic carbocycles. The topological polar surface area (TPSA) is 80.0 Å². The van der Waals surface area contributed by atoms with Gasteiger partial charge >= 0.3 is 0 Å². The molecule has 0 fully saturated rings. The molecule has 0 aliphatic rings. The summed E-state index contributed by atoms with van der Waals surface area (Å²) in [7, 11) is 1.82. The van der Waals surface area contributed by atoms with Crippen LogP contribution in [0.3, 0.4) is 0 Å². The van der Waals surface area contributed by atoms with Crippen molar-refractivity contribution in [2.45, 2.75) is 39.2 Å². The molecule has 2 N–H and O–H groups in total. The van der Waals surface area contributed by atoms with Crippen LogP contribution in [0.15, 0.2) is 12.3 Å². The highest BCUT2D eigenvalue weighted by Gasteiger charge is 2.20. The molecule has 0 bridgehead atoms. The summed E-state index contributed by atoms with van der Waals surface area (Å²) in [6.45, 7) is 5.84. The molecule has 0 saturated carbocycles. The lowest BCUT2D eigenvalue weighted by atomic mass is 10.0. The van der Waals surface area contributed by atoms with Gasteiger partial charge in [-0.1, -0.05) is 13.3 Å². The monoisotopic (exact) mass is 290 g/mol. The Bertz CT molecular complexity index is 661. The van der Waals surface area contributed by atoms with E-state index >= 15 is 0 Å². The van der Waals surface area contributed by atoms with Gasteiger partial charge in [-0.2, -0.15) is 5.10 Å². The highest BCUT2D eigenvalue weighted by Crippen LogP contribution is 2.17. The molecular weight excluding hydrogens is 268 g/mol. The van der Waals surface area contributed by atoms with Crippen molar-refractivity contribution < 1.29 is 9.90 Å². The van der Waals surface area contributed by atoms with Crippen molar-refractivity contribution in [1.29, 1.82) is 0 Å². The van der Waals surface area contributed by atoms with E-state index in [1.807, 2.05) is 20.9 Å². The Balaban J connectivity index is 2.15. The van der Waals surface area contributed by atoms with Crippen molar-refractivity contribution in [1.82, 2.24) is 20.1 Å². The Morgan fingerprint density at radius 3 is 2.90 bits per heavy atom. The van der Waals surface area contributed by atoms with Gasteiger partial charge in [-0.3, -0.25) is 9.48 Å². The van der Waals surface area contributed by atoms with E-state index in [0.717, 1.165) is 23.1 Å². The number of aliphatic hydroxyl groups is 1. The number of pyridine rings is 1. The molecule has 2 rings (SSSR count). The Morgan fingerprint density at radius 1 is 1.52 bits per heavy atom. The van der Waals surface area contributed by atoms with Crippen LogP contribution < -0.4 is 5.32 Å². The van der Waals surface area contributed by atoms with Gasteiger partial charge in [-0.25, -0.2) is 4.98 Å². The fourth-order valence-electron chi connectivity index (χ4n) is 2.43. The normalized spacial score (nSPS) is 14.1. The Hall–Kier alpha value is -1.95. The summed E-state index contributed by atoms with van der Waals surface area (Å²) in [6.07, 6.45) is 3.05. The van der Waals surface area contributed by atoms with Crippen LogP contribution in [-0.2, 0) is 7.05 Å². The number of rotatable bonds is 5. The van der Waals surface area contributed by atoms with E-state index in [-0.39, 0.29) is 12.5 Å². The number of nitrogens with one attached hydrogen (secondary N) is 1. The predicted molar refractivity (Wildman–Crippen MR) is 81.1 cm³/mol. The summed E-state index contributed by atoms with van der Waals surface area (Å²) in [5.74, 6) is -0.232. The van der Waals surface area contributed by atoms with Crippen molar-refractivity contribution in [3.63, 3.8) is 0 Å². The summed E-state index contributed by atoms with van der Waals surface area (Å²) in [5, 5.41) is 18.0. The Labute approximate surface area is 124 Å². The Morgan fingerprint density at radius 2 is 2.24 bits per heavy atom. The molecule has 2 aromatic rings. The zero-order valence-corrected chi connectivity index (χ0v) is 13.0. The maximum Gasteiger partial charge on any atom is 0.252 e. The van der Waals surface area contributed by atoms with Gasteiger partial charge in [0, 0.05) is 25.2 Å². The van der Waals surface area contributed by atoms with Gasteiger partial charge in [0.25, 0.3) is 5.91 Å². The zero-order valence-electron chi connectivity index (χ0n) is 13.0. The van der Waals surface area contributed by atoms with E-state index in [4.69, 9.17) is 0 Å². The fourth-order valence-corrected chi connectivity index (χ4v) is 2.43. The van der Waals surface area contributed by atoms with Crippen LogP contribution in [0.1, 0.15) is 42.7 Å². The molecule has 21 heavy (non-hydrogen) atoms. The minimum absolute atomic E-state index is 0.226. The number of nitrogens with zero attached hydrogens (tertiary/aromatic N) is 3. The third kappa shape index (κ3) is 3.39. The number of fused-ring (bicyclic) bond motifs is 1. The minimum Gasteiger partial charge on any atom is -0.388 e. The minimum atomic E-state index is -0.883. The molecule has 0 radical (unpaired) electrons. The lowest BCUT2D eigenvalue weighted by Gasteiger charge is -2.22. The third-order valence-electron chi connectivity index (χ3n) is 3.54. The molecule has 2 aromatic heterocycles. The predicted octanol–water partition coefficient (Wildman–Crippen LogP) is 1.56. The molecule has 1 unspecified atom stereocenters. The number of aromatic nitrogens is 3. The van der Waals surface area contributed by atoms with Crippen molar-refractivity contribution >= 4 is 16.9 Å². The Kier molecular flexibility index (Phi) is 4.27. The van der Waals surface area contributed by atoms with Gasteiger partial charge in [-0.15, -0.1) is 0 Å². The second kappa shape index (κ2) is 5.81. The van der Waals surface area contributed by atoms with Gasteiger partial charge in [0.05, 0.1) is 16.9 Å². The second-order valence-corrected chi connectivity index (χ2v) is 5.73. The molecule has 6 heteroatoms. The first-order chi connectivity index (χ1) is 9.84. The second-order valence-electron chi connectivity index (χ2n) is 5.73. The van der Waals surface area contributed by atoms with Crippen LogP contribution in [-0.4, -0.2) is 37.9 Å². The van der Waals surface area contributed by atoms with Gasteiger partial charge in [-0.05, 0) is 26.3 Å². The van der Waals surface area contributed by atoms with E-state index in [0.29, 0.717) is 12.0 Å². The summed E-state index contributed by atoms with van der Waals surface area (Å²) in [6, 6.07) is 1.79. The molecule has 114 valence electrons. The van der Waals surface area contributed by atoms with Crippen molar-refractivity contribution in [3.8, 4) is 0 Å². The van der Waals surface area contributed by atoms with Crippen LogP contribution in [0, 0.1) is 6.92 Å². The molecule has 1 atom stereocenters. The smallest absolute Gasteiger partial charge is 0.252 e. The van der Waals surface area contributed by atoms with E-state index in [9.17, 15) is 9.90 Å².